The molecule has 0 unspecified atom stereocenters. The molecule has 0 bridgehead atoms. The van der Waals surface area contributed by atoms with Crippen molar-refractivity contribution in [3.05, 3.63) is 58.5 Å². The van der Waals surface area contributed by atoms with Crippen molar-refractivity contribution in [3.63, 3.8) is 0 Å². The Morgan fingerprint density at radius 2 is 1.84 bits per heavy atom. The highest BCUT2D eigenvalue weighted by molar-refractivity contribution is 5.97. The molecule has 0 N–H and O–H groups in total. The van der Waals surface area contributed by atoms with E-state index < -0.39 is 0 Å². The predicted molar refractivity (Wildman–Crippen MR) is 99.1 cm³/mol. The molecule has 1 amide bonds. The van der Waals surface area contributed by atoms with Gasteiger partial charge in [-0.2, -0.15) is 0 Å². The highest BCUT2D eigenvalue weighted by Gasteiger charge is 2.25. The summed E-state index contributed by atoms with van der Waals surface area (Å²) in [5.74, 6) is 0.992. The van der Waals surface area contributed by atoms with Gasteiger partial charge in [0.1, 0.15) is 11.5 Å². The fourth-order valence-corrected chi connectivity index (χ4v) is 3.74. The molecule has 2 aromatic heterocycles. The van der Waals surface area contributed by atoms with Crippen molar-refractivity contribution in [2.75, 3.05) is 13.1 Å². The van der Waals surface area contributed by atoms with Gasteiger partial charge < -0.3 is 13.9 Å². The number of furan rings is 1. The van der Waals surface area contributed by atoms with Gasteiger partial charge >= 0.3 is 0 Å². The van der Waals surface area contributed by atoms with Crippen molar-refractivity contribution in [2.24, 2.45) is 0 Å². The summed E-state index contributed by atoms with van der Waals surface area (Å²) < 4.78 is 7.92. The zero-order valence-corrected chi connectivity index (χ0v) is 15.1. The van der Waals surface area contributed by atoms with Crippen LogP contribution >= 0.6 is 0 Å². The number of benzene rings is 1. The number of hydrogen-bond donors (Lipinski definition) is 0. The molecule has 1 saturated heterocycles. The Morgan fingerprint density at radius 1 is 1.08 bits per heavy atom. The van der Waals surface area contributed by atoms with Gasteiger partial charge in [0.2, 0.25) is 0 Å². The van der Waals surface area contributed by atoms with E-state index in [4.69, 9.17) is 4.42 Å². The van der Waals surface area contributed by atoms with Gasteiger partial charge in [0.15, 0.2) is 5.58 Å². The molecule has 4 heteroatoms. The van der Waals surface area contributed by atoms with Crippen LogP contribution in [0.1, 0.15) is 45.8 Å². The van der Waals surface area contributed by atoms with Gasteiger partial charge in [0.25, 0.3) is 5.91 Å². The Labute approximate surface area is 148 Å². The zero-order valence-electron chi connectivity index (χ0n) is 15.1. The maximum Gasteiger partial charge on any atom is 0.270 e. The third-order valence-electron chi connectivity index (χ3n) is 5.16. The van der Waals surface area contributed by atoms with Gasteiger partial charge in [-0.15, -0.1) is 0 Å². The third-order valence-corrected chi connectivity index (χ3v) is 5.16. The van der Waals surface area contributed by atoms with Gasteiger partial charge in [0, 0.05) is 31.8 Å². The van der Waals surface area contributed by atoms with Crippen LogP contribution in [0, 0.1) is 20.8 Å². The number of amides is 1. The molecule has 0 aliphatic carbocycles. The number of aryl methyl sites for hydroxylation is 3. The smallest absolute Gasteiger partial charge is 0.270 e. The Kier molecular flexibility index (Phi) is 3.91. The number of fused-ring (bicyclic) bond motifs is 1. The van der Waals surface area contributed by atoms with Crippen molar-refractivity contribution < 1.29 is 9.21 Å². The minimum absolute atomic E-state index is 0.117. The Bertz CT molecular complexity index is 942. The summed E-state index contributed by atoms with van der Waals surface area (Å²) >= 11 is 0. The number of nitrogens with zero attached hydrogens (tertiary/aromatic N) is 2. The van der Waals surface area contributed by atoms with Gasteiger partial charge in [-0.05, 0) is 44.7 Å². The fourth-order valence-electron chi connectivity index (χ4n) is 3.74. The first kappa shape index (κ1) is 16.0. The first-order chi connectivity index (χ1) is 12.0. The molecule has 1 aliphatic heterocycles. The Hall–Kier alpha value is -2.49. The van der Waals surface area contributed by atoms with Crippen molar-refractivity contribution in [3.8, 4) is 0 Å². The van der Waals surface area contributed by atoms with Crippen LogP contribution in [0.3, 0.4) is 0 Å². The molecule has 0 radical (unpaired) electrons. The highest BCUT2D eigenvalue weighted by atomic mass is 16.3. The van der Waals surface area contributed by atoms with Crippen LogP contribution in [-0.2, 0) is 6.54 Å². The Morgan fingerprint density at radius 3 is 2.60 bits per heavy atom. The number of rotatable bonds is 3. The fraction of sp³-hybridized carbons (Fsp3) is 0.381. The molecule has 1 fully saturated rings. The molecular weight excluding hydrogens is 312 g/mol. The number of aromatic nitrogens is 1. The van der Waals surface area contributed by atoms with Crippen LogP contribution in [0.5, 0.6) is 0 Å². The average molecular weight is 336 g/mol. The summed E-state index contributed by atoms with van der Waals surface area (Å²) in [5, 5.41) is 0. The van der Waals surface area contributed by atoms with Crippen LogP contribution in [0.2, 0.25) is 0 Å². The van der Waals surface area contributed by atoms with E-state index in [1.54, 1.807) is 0 Å². The predicted octanol–water partition coefficient (Wildman–Crippen LogP) is 4.44. The van der Waals surface area contributed by atoms with E-state index in [0.717, 1.165) is 48.5 Å². The summed E-state index contributed by atoms with van der Waals surface area (Å²) in [6, 6.07) is 10.4. The van der Waals surface area contributed by atoms with Gasteiger partial charge in [-0.3, -0.25) is 4.79 Å². The SMILES string of the molecule is Cc1ccc(C)c(Cn2c(C(=O)N3CCCC3)cc3oc(C)cc32)c1. The van der Waals surface area contributed by atoms with Crippen LogP contribution in [0.25, 0.3) is 11.1 Å². The topological polar surface area (TPSA) is 38.4 Å². The summed E-state index contributed by atoms with van der Waals surface area (Å²) in [6.45, 7) is 8.57. The molecule has 1 aromatic carbocycles. The molecule has 0 atom stereocenters. The second-order valence-electron chi connectivity index (χ2n) is 7.15. The first-order valence-electron chi connectivity index (χ1n) is 8.98. The van der Waals surface area contributed by atoms with E-state index in [-0.39, 0.29) is 5.91 Å². The van der Waals surface area contributed by atoms with E-state index in [1.165, 1.54) is 16.7 Å². The minimum atomic E-state index is 0.117. The lowest BCUT2D eigenvalue weighted by Crippen LogP contribution is -2.29. The van der Waals surface area contributed by atoms with Crippen LogP contribution in [0.4, 0.5) is 0 Å². The second-order valence-corrected chi connectivity index (χ2v) is 7.15. The number of likely N-dealkylation sites (tertiary alicyclic amines) is 1. The minimum Gasteiger partial charge on any atom is -0.460 e. The van der Waals surface area contributed by atoms with Gasteiger partial charge in [0.05, 0.1) is 5.52 Å². The molecule has 4 nitrogen and oxygen atoms in total. The monoisotopic (exact) mass is 336 g/mol. The zero-order chi connectivity index (χ0) is 17.6. The first-order valence-corrected chi connectivity index (χ1v) is 8.98. The lowest BCUT2D eigenvalue weighted by Gasteiger charge is -2.18. The number of carbonyl (C=O) groups excluding carboxylic acids is 1. The summed E-state index contributed by atoms with van der Waals surface area (Å²) in [6.07, 6.45) is 2.19. The van der Waals surface area contributed by atoms with Gasteiger partial charge in [-0.25, -0.2) is 0 Å². The third kappa shape index (κ3) is 2.86. The maximum atomic E-state index is 13.0. The number of carbonyl (C=O) groups is 1. The van der Waals surface area contributed by atoms with E-state index in [2.05, 4.69) is 36.6 Å². The summed E-state index contributed by atoms with van der Waals surface area (Å²) in [5.41, 5.74) is 6.25. The Balaban J connectivity index is 1.80. The van der Waals surface area contributed by atoms with Crippen molar-refractivity contribution in [1.29, 1.82) is 0 Å². The molecule has 0 spiro atoms. The van der Waals surface area contributed by atoms with Crippen molar-refractivity contribution >= 4 is 17.0 Å². The number of hydrogen-bond acceptors (Lipinski definition) is 2. The average Bonchev–Trinajstić information content (AvgIpc) is 3.28. The van der Waals surface area contributed by atoms with Gasteiger partial charge in [-0.1, -0.05) is 23.8 Å². The normalized spacial score (nSPS) is 14.6. The molecule has 25 heavy (non-hydrogen) atoms. The molecule has 3 aromatic rings. The molecule has 130 valence electrons. The van der Waals surface area contributed by atoms with E-state index >= 15 is 0 Å². The van der Waals surface area contributed by atoms with Crippen LogP contribution < -0.4 is 0 Å². The lowest BCUT2D eigenvalue weighted by molar-refractivity contribution is 0.0783. The maximum absolute atomic E-state index is 13.0. The lowest BCUT2D eigenvalue weighted by atomic mass is 10.1. The molecule has 4 rings (SSSR count). The quantitative estimate of drug-likeness (QED) is 0.709. The molecule has 1 aliphatic rings. The second kappa shape index (κ2) is 6.10. The van der Waals surface area contributed by atoms with Crippen LogP contribution in [0.15, 0.2) is 34.7 Å². The molecule has 3 heterocycles. The van der Waals surface area contributed by atoms with Crippen molar-refractivity contribution in [1.82, 2.24) is 9.47 Å². The summed E-state index contributed by atoms with van der Waals surface area (Å²) in [7, 11) is 0. The summed E-state index contributed by atoms with van der Waals surface area (Å²) in [4.78, 5) is 15.0. The van der Waals surface area contributed by atoms with Crippen molar-refractivity contribution in [2.45, 2.75) is 40.2 Å². The highest BCUT2D eigenvalue weighted by Crippen LogP contribution is 2.27. The molecule has 0 saturated carbocycles. The van der Waals surface area contributed by atoms with E-state index in [0.29, 0.717) is 6.54 Å². The van der Waals surface area contributed by atoms with E-state index in [9.17, 15) is 4.79 Å². The standard InChI is InChI=1S/C21H24N2O2/c1-14-6-7-15(2)17(10-14)13-23-18-11-16(3)25-20(18)12-19(23)21(24)22-8-4-5-9-22/h6-7,10-12H,4-5,8-9,13H2,1-3H3. The van der Waals surface area contributed by atoms with Crippen LogP contribution in [-0.4, -0.2) is 28.5 Å². The largest absolute Gasteiger partial charge is 0.460 e. The molecular formula is C21H24N2O2. The van der Waals surface area contributed by atoms with E-state index in [1.807, 2.05) is 24.0 Å².